The van der Waals surface area contributed by atoms with E-state index < -0.39 is 0 Å². The lowest BCUT2D eigenvalue weighted by molar-refractivity contribution is -0.120. The SMILES string of the molecule is O=C(Cc1ccccc1Cl)NCc1ccc(Br)cc1. The molecular formula is C15H13BrClNO. The predicted octanol–water partition coefficient (Wildman–Crippen LogP) is 3.96. The van der Waals surface area contributed by atoms with Crippen LogP contribution in [-0.4, -0.2) is 5.91 Å². The van der Waals surface area contributed by atoms with Crippen LogP contribution in [0.25, 0.3) is 0 Å². The highest BCUT2D eigenvalue weighted by Gasteiger charge is 2.06. The number of hydrogen-bond donors (Lipinski definition) is 1. The first-order valence-corrected chi connectivity index (χ1v) is 7.07. The van der Waals surface area contributed by atoms with Gasteiger partial charge in [0, 0.05) is 16.0 Å². The molecule has 1 amide bonds. The fourth-order valence-electron chi connectivity index (χ4n) is 1.68. The molecule has 0 saturated carbocycles. The van der Waals surface area contributed by atoms with Gasteiger partial charge >= 0.3 is 0 Å². The lowest BCUT2D eigenvalue weighted by atomic mass is 10.1. The molecule has 4 heteroatoms. The third-order valence-corrected chi connectivity index (χ3v) is 3.61. The monoisotopic (exact) mass is 337 g/mol. The molecule has 98 valence electrons. The quantitative estimate of drug-likeness (QED) is 0.898. The smallest absolute Gasteiger partial charge is 0.224 e. The maximum Gasteiger partial charge on any atom is 0.224 e. The Morgan fingerprint density at radius 2 is 1.79 bits per heavy atom. The Labute approximate surface area is 125 Å². The molecule has 2 aromatic carbocycles. The van der Waals surface area contributed by atoms with Crippen LogP contribution < -0.4 is 5.32 Å². The van der Waals surface area contributed by atoms with E-state index in [1.807, 2.05) is 42.5 Å². The highest BCUT2D eigenvalue weighted by atomic mass is 79.9. The minimum atomic E-state index is -0.0315. The lowest BCUT2D eigenvalue weighted by Gasteiger charge is -2.06. The van der Waals surface area contributed by atoms with Crippen molar-refractivity contribution in [2.45, 2.75) is 13.0 Å². The Bertz CT molecular complexity index is 569. The number of amides is 1. The van der Waals surface area contributed by atoms with Crippen molar-refractivity contribution in [1.29, 1.82) is 0 Å². The van der Waals surface area contributed by atoms with Crippen molar-refractivity contribution >= 4 is 33.4 Å². The molecule has 2 nitrogen and oxygen atoms in total. The van der Waals surface area contributed by atoms with Gasteiger partial charge in [-0.2, -0.15) is 0 Å². The van der Waals surface area contributed by atoms with Crippen molar-refractivity contribution in [3.8, 4) is 0 Å². The van der Waals surface area contributed by atoms with Gasteiger partial charge in [-0.25, -0.2) is 0 Å². The zero-order chi connectivity index (χ0) is 13.7. The topological polar surface area (TPSA) is 29.1 Å². The summed E-state index contributed by atoms with van der Waals surface area (Å²) in [5.41, 5.74) is 1.91. The Morgan fingerprint density at radius 3 is 2.47 bits per heavy atom. The van der Waals surface area contributed by atoms with Crippen molar-refractivity contribution in [1.82, 2.24) is 5.32 Å². The van der Waals surface area contributed by atoms with E-state index in [2.05, 4.69) is 21.2 Å². The molecule has 2 aromatic rings. The van der Waals surface area contributed by atoms with E-state index in [1.165, 1.54) is 0 Å². The van der Waals surface area contributed by atoms with Crippen LogP contribution in [0.5, 0.6) is 0 Å². The maximum atomic E-state index is 11.8. The van der Waals surface area contributed by atoms with Crippen molar-refractivity contribution in [2.75, 3.05) is 0 Å². The number of rotatable bonds is 4. The Balaban J connectivity index is 1.88. The summed E-state index contributed by atoms with van der Waals surface area (Å²) in [6, 6.07) is 15.2. The van der Waals surface area contributed by atoms with Crippen LogP contribution in [-0.2, 0) is 17.8 Å². The maximum absolute atomic E-state index is 11.8. The van der Waals surface area contributed by atoms with Gasteiger partial charge in [-0.15, -0.1) is 0 Å². The zero-order valence-electron chi connectivity index (χ0n) is 10.2. The van der Waals surface area contributed by atoms with E-state index >= 15 is 0 Å². The van der Waals surface area contributed by atoms with Crippen LogP contribution in [0.15, 0.2) is 53.0 Å². The van der Waals surface area contributed by atoms with E-state index in [0.29, 0.717) is 18.0 Å². The summed E-state index contributed by atoms with van der Waals surface area (Å²) in [5.74, 6) is -0.0315. The summed E-state index contributed by atoms with van der Waals surface area (Å²) >= 11 is 9.39. The Morgan fingerprint density at radius 1 is 1.11 bits per heavy atom. The van der Waals surface area contributed by atoms with Gasteiger partial charge in [0.25, 0.3) is 0 Å². The minimum Gasteiger partial charge on any atom is -0.352 e. The first-order valence-electron chi connectivity index (χ1n) is 5.90. The first-order chi connectivity index (χ1) is 9.15. The molecule has 0 heterocycles. The van der Waals surface area contributed by atoms with E-state index in [4.69, 9.17) is 11.6 Å². The Hall–Kier alpha value is -1.32. The summed E-state index contributed by atoms with van der Waals surface area (Å²) in [6.45, 7) is 0.524. The number of carbonyl (C=O) groups is 1. The number of hydrogen-bond acceptors (Lipinski definition) is 1. The third kappa shape index (κ3) is 4.37. The summed E-state index contributed by atoms with van der Waals surface area (Å²) in [6.07, 6.45) is 0.302. The van der Waals surface area contributed by atoms with Crippen LogP contribution >= 0.6 is 27.5 Å². The van der Waals surface area contributed by atoms with Crippen molar-refractivity contribution < 1.29 is 4.79 Å². The summed E-state index contributed by atoms with van der Waals surface area (Å²) in [7, 11) is 0. The first kappa shape index (κ1) is 14.1. The second kappa shape index (κ2) is 6.73. The molecule has 0 atom stereocenters. The number of benzene rings is 2. The molecule has 0 aromatic heterocycles. The second-order valence-corrected chi connectivity index (χ2v) is 5.49. The van der Waals surface area contributed by atoms with Crippen LogP contribution in [0.1, 0.15) is 11.1 Å². The van der Waals surface area contributed by atoms with Crippen molar-refractivity contribution in [3.05, 3.63) is 69.2 Å². The molecule has 2 rings (SSSR count). The van der Waals surface area contributed by atoms with Crippen molar-refractivity contribution in [3.63, 3.8) is 0 Å². The molecule has 1 N–H and O–H groups in total. The van der Waals surface area contributed by atoms with Gasteiger partial charge in [-0.1, -0.05) is 57.9 Å². The summed E-state index contributed by atoms with van der Waals surface area (Å²) in [5, 5.41) is 3.51. The molecule has 0 spiro atoms. The Kier molecular flexibility index (Phi) is 5.00. The van der Waals surface area contributed by atoms with Crippen LogP contribution in [0, 0.1) is 0 Å². The number of carbonyl (C=O) groups excluding carboxylic acids is 1. The molecule has 0 saturated heterocycles. The van der Waals surface area contributed by atoms with Gasteiger partial charge in [-0.05, 0) is 29.3 Å². The average molecular weight is 339 g/mol. The normalized spacial score (nSPS) is 10.2. The lowest BCUT2D eigenvalue weighted by Crippen LogP contribution is -2.24. The fourth-order valence-corrected chi connectivity index (χ4v) is 2.15. The second-order valence-electron chi connectivity index (χ2n) is 4.17. The van der Waals surface area contributed by atoms with Gasteiger partial charge in [0.15, 0.2) is 0 Å². The van der Waals surface area contributed by atoms with Gasteiger partial charge < -0.3 is 5.32 Å². The largest absolute Gasteiger partial charge is 0.352 e. The molecule has 0 radical (unpaired) electrons. The van der Waals surface area contributed by atoms with E-state index in [-0.39, 0.29) is 5.91 Å². The van der Waals surface area contributed by atoms with Gasteiger partial charge in [0.1, 0.15) is 0 Å². The third-order valence-electron chi connectivity index (χ3n) is 2.71. The fraction of sp³-hybridized carbons (Fsp3) is 0.133. The molecule has 0 aliphatic heterocycles. The van der Waals surface area contributed by atoms with Gasteiger partial charge in [-0.3, -0.25) is 4.79 Å². The molecular weight excluding hydrogens is 326 g/mol. The predicted molar refractivity (Wildman–Crippen MR) is 81.1 cm³/mol. The average Bonchev–Trinajstić information content (AvgIpc) is 2.41. The minimum absolute atomic E-state index is 0.0315. The molecule has 0 bridgehead atoms. The van der Waals surface area contributed by atoms with Gasteiger partial charge in [0.2, 0.25) is 5.91 Å². The van der Waals surface area contributed by atoms with E-state index in [9.17, 15) is 4.79 Å². The van der Waals surface area contributed by atoms with Gasteiger partial charge in [0.05, 0.1) is 6.42 Å². The standard InChI is InChI=1S/C15H13BrClNO/c16-13-7-5-11(6-8-13)10-18-15(19)9-12-3-1-2-4-14(12)17/h1-8H,9-10H2,(H,18,19). The summed E-state index contributed by atoms with van der Waals surface area (Å²) in [4.78, 5) is 11.8. The highest BCUT2D eigenvalue weighted by molar-refractivity contribution is 9.10. The molecule has 19 heavy (non-hydrogen) atoms. The van der Waals surface area contributed by atoms with E-state index in [0.717, 1.165) is 15.6 Å². The van der Waals surface area contributed by atoms with Crippen molar-refractivity contribution in [2.24, 2.45) is 0 Å². The molecule has 0 unspecified atom stereocenters. The molecule has 0 aliphatic carbocycles. The number of nitrogens with one attached hydrogen (secondary N) is 1. The molecule has 0 aliphatic rings. The number of halogens is 2. The zero-order valence-corrected chi connectivity index (χ0v) is 12.5. The van der Waals surface area contributed by atoms with E-state index in [1.54, 1.807) is 6.07 Å². The summed E-state index contributed by atoms with van der Waals surface area (Å²) < 4.78 is 1.03. The molecule has 0 fully saturated rings. The van der Waals surface area contributed by atoms with Crippen LogP contribution in [0.4, 0.5) is 0 Å². The highest BCUT2D eigenvalue weighted by Crippen LogP contribution is 2.15. The van der Waals surface area contributed by atoms with Crippen LogP contribution in [0.3, 0.4) is 0 Å². The van der Waals surface area contributed by atoms with Crippen LogP contribution in [0.2, 0.25) is 5.02 Å².